The van der Waals surface area contributed by atoms with Crippen molar-refractivity contribution < 1.29 is 23.9 Å². The molecule has 68 valence electrons. The molecule has 6 nitrogen and oxygen atoms in total. The Morgan fingerprint density at radius 2 is 2.25 bits per heavy atom. The summed E-state index contributed by atoms with van der Waals surface area (Å²) in [5.74, 6) is 3.70. The molecule has 6 heteroatoms. The summed E-state index contributed by atoms with van der Waals surface area (Å²) in [6.45, 7) is 0.511. The van der Waals surface area contributed by atoms with Gasteiger partial charge in [0.25, 0.3) is 0 Å². The number of esters is 1. The van der Waals surface area contributed by atoms with E-state index < -0.39 is 18.2 Å². The van der Waals surface area contributed by atoms with Crippen LogP contribution in [0.1, 0.15) is 12.8 Å². The van der Waals surface area contributed by atoms with Crippen molar-refractivity contribution in [1.82, 2.24) is 0 Å². The van der Waals surface area contributed by atoms with Gasteiger partial charge in [0.15, 0.2) is 6.10 Å². The van der Waals surface area contributed by atoms with Gasteiger partial charge < -0.3 is 14.3 Å². The fourth-order valence-corrected chi connectivity index (χ4v) is 0.935. The first-order valence-corrected chi connectivity index (χ1v) is 3.48. The predicted molar refractivity (Wildman–Crippen MR) is 35.7 cm³/mol. The van der Waals surface area contributed by atoms with Crippen LogP contribution < -0.4 is 5.90 Å². The topological polar surface area (TPSA) is 87.9 Å². The molecule has 1 atom stereocenters. The second kappa shape index (κ2) is 4.03. The smallest absolute Gasteiger partial charge is 0.367 e. The molecule has 1 aliphatic rings. The maximum absolute atomic E-state index is 10.9. The zero-order chi connectivity index (χ0) is 8.97. The summed E-state index contributed by atoms with van der Waals surface area (Å²) >= 11 is 0. The van der Waals surface area contributed by atoms with Gasteiger partial charge in [-0.2, -0.15) is 5.90 Å². The Bertz CT molecular complexity index is 186. The molecule has 0 saturated carbocycles. The molecule has 0 aromatic carbocycles. The van der Waals surface area contributed by atoms with Gasteiger partial charge in [-0.15, -0.1) is 0 Å². The maximum Gasteiger partial charge on any atom is 0.535 e. The Balaban J connectivity index is 2.32. The molecule has 0 radical (unpaired) electrons. The molecule has 0 bridgehead atoms. The Labute approximate surface area is 68.5 Å². The van der Waals surface area contributed by atoms with Crippen LogP contribution in [0.2, 0.25) is 0 Å². The van der Waals surface area contributed by atoms with E-state index in [-0.39, 0.29) is 0 Å². The lowest BCUT2D eigenvalue weighted by molar-refractivity contribution is -0.150. The summed E-state index contributed by atoms with van der Waals surface area (Å²) in [5.41, 5.74) is 0. The van der Waals surface area contributed by atoms with Gasteiger partial charge >= 0.3 is 12.1 Å². The highest BCUT2D eigenvalue weighted by Crippen LogP contribution is 2.13. The molecule has 0 aromatic heterocycles. The molecule has 1 aliphatic heterocycles. The minimum absolute atomic E-state index is 0.511. The Morgan fingerprint density at radius 3 is 2.75 bits per heavy atom. The van der Waals surface area contributed by atoms with Crippen molar-refractivity contribution in [3.8, 4) is 0 Å². The Morgan fingerprint density at radius 1 is 1.50 bits per heavy atom. The van der Waals surface area contributed by atoms with Crippen LogP contribution >= 0.6 is 0 Å². The number of carbonyl (C=O) groups is 2. The van der Waals surface area contributed by atoms with Gasteiger partial charge in [-0.05, 0) is 12.8 Å². The van der Waals surface area contributed by atoms with E-state index in [1.54, 1.807) is 0 Å². The lowest BCUT2D eigenvalue weighted by Gasteiger charge is -2.05. The number of ether oxygens (including phenoxy) is 2. The van der Waals surface area contributed by atoms with E-state index in [9.17, 15) is 9.59 Å². The maximum atomic E-state index is 10.9. The minimum Gasteiger partial charge on any atom is -0.367 e. The molecule has 0 spiro atoms. The van der Waals surface area contributed by atoms with Crippen molar-refractivity contribution in [3.63, 3.8) is 0 Å². The molecule has 1 rings (SSSR count). The van der Waals surface area contributed by atoms with E-state index in [0.717, 1.165) is 6.42 Å². The minimum atomic E-state index is -1.21. The third kappa shape index (κ3) is 2.18. The molecular weight excluding hydrogens is 166 g/mol. The molecule has 0 amide bonds. The van der Waals surface area contributed by atoms with Gasteiger partial charge in [0.2, 0.25) is 0 Å². The van der Waals surface area contributed by atoms with Crippen LogP contribution in [0.25, 0.3) is 0 Å². The van der Waals surface area contributed by atoms with Crippen LogP contribution in [0, 0.1) is 0 Å². The zero-order valence-electron chi connectivity index (χ0n) is 6.32. The van der Waals surface area contributed by atoms with Crippen LogP contribution in [0.5, 0.6) is 0 Å². The predicted octanol–water partition coefficient (Wildman–Crippen LogP) is -0.281. The standard InChI is InChI=1S/C6H9NO5/c7-12-6(9)11-5(8)4-2-1-3-10-4/h4H,1-3,7H2. The van der Waals surface area contributed by atoms with Crippen molar-refractivity contribution in [2.45, 2.75) is 18.9 Å². The quantitative estimate of drug-likeness (QED) is 0.335. The van der Waals surface area contributed by atoms with E-state index in [1.807, 2.05) is 0 Å². The summed E-state index contributed by atoms with van der Waals surface area (Å²) in [5, 5.41) is 0. The van der Waals surface area contributed by atoms with Gasteiger partial charge in [0.05, 0.1) is 0 Å². The van der Waals surface area contributed by atoms with Crippen LogP contribution in [0.4, 0.5) is 4.79 Å². The number of carbonyl (C=O) groups excluding carboxylic acids is 2. The molecule has 1 heterocycles. The molecule has 1 unspecified atom stereocenters. The first-order valence-electron chi connectivity index (χ1n) is 3.48. The third-order valence-electron chi connectivity index (χ3n) is 1.47. The summed E-state index contributed by atoms with van der Waals surface area (Å²) in [6.07, 6.45) is -0.506. The number of hydrogen-bond donors (Lipinski definition) is 1. The van der Waals surface area contributed by atoms with Crippen LogP contribution in [-0.2, 0) is 19.1 Å². The average Bonchev–Trinajstić information content (AvgIpc) is 2.56. The first kappa shape index (κ1) is 8.95. The normalized spacial score (nSPS) is 21.9. The molecule has 1 fully saturated rings. The summed E-state index contributed by atoms with van der Waals surface area (Å²) < 4.78 is 9.07. The molecule has 0 aliphatic carbocycles. The molecule has 12 heavy (non-hydrogen) atoms. The van der Waals surface area contributed by atoms with E-state index >= 15 is 0 Å². The van der Waals surface area contributed by atoms with Crippen molar-refractivity contribution in [2.24, 2.45) is 5.90 Å². The number of hydrogen-bond acceptors (Lipinski definition) is 6. The number of rotatable bonds is 1. The average molecular weight is 175 g/mol. The summed E-state index contributed by atoms with van der Waals surface area (Å²) in [6, 6.07) is 0. The monoisotopic (exact) mass is 175 g/mol. The van der Waals surface area contributed by atoms with Gasteiger partial charge in [-0.25, -0.2) is 9.59 Å². The largest absolute Gasteiger partial charge is 0.535 e. The Hall–Kier alpha value is -1.14. The van der Waals surface area contributed by atoms with Crippen LogP contribution in [-0.4, -0.2) is 24.8 Å². The first-order chi connectivity index (χ1) is 5.74. The molecule has 1 saturated heterocycles. The van der Waals surface area contributed by atoms with Crippen molar-refractivity contribution >= 4 is 12.1 Å². The van der Waals surface area contributed by atoms with Crippen molar-refractivity contribution in [2.75, 3.05) is 6.61 Å². The molecule has 2 N–H and O–H groups in total. The van der Waals surface area contributed by atoms with Gasteiger partial charge in [0, 0.05) is 6.61 Å². The lowest BCUT2D eigenvalue weighted by atomic mass is 10.2. The van der Waals surface area contributed by atoms with Crippen molar-refractivity contribution in [1.29, 1.82) is 0 Å². The zero-order valence-corrected chi connectivity index (χ0v) is 6.32. The van der Waals surface area contributed by atoms with E-state index in [2.05, 4.69) is 15.5 Å². The van der Waals surface area contributed by atoms with Gasteiger partial charge in [0.1, 0.15) is 0 Å². The highest BCUT2D eigenvalue weighted by Gasteiger charge is 2.27. The summed E-state index contributed by atoms with van der Waals surface area (Å²) in [7, 11) is 0. The molecular formula is C6H9NO5. The van der Waals surface area contributed by atoms with E-state index in [1.165, 1.54) is 0 Å². The second-order valence-electron chi connectivity index (χ2n) is 2.29. The van der Waals surface area contributed by atoms with E-state index in [0.29, 0.717) is 13.0 Å². The fraction of sp³-hybridized carbons (Fsp3) is 0.667. The molecule has 0 aromatic rings. The third-order valence-corrected chi connectivity index (χ3v) is 1.47. The highest BCUT2D eigenvalue weighted by molar-refractivity contribution is 5.84. The van der Waals surface area contributed by atoms with Crippen LogP contribution in [0.3, 0.4) is 0 Å². The summed E-state index contributed by atoms with van der Waals surface area (Å²) in [4.78, 5) is 24.9. The Kier molecular flexibility index (Phi) is 3.01. The van der Waals surface area contributed by atoms with Gasteiger partial charge in [-0.3, -0.25) is 0 Å². The van der Waals surface area contributed by atoms with Gasteiger partial charge in [-0.1, -0.05) is 0 Å². The SMILES string of the molecule is NOC(=O)OC(=O)C1CCCO1. The number of nitrogens with two attached hydrogens (primary N) is 1. The lowest BCUT2D eigenvalue weighted by Crippen LogP contribution is -2.26. The van der Waals surface area contributed by atoms with E-state index in [4.69, 9.17) is 4.74 Å². The second-order valence-corrected chi connectivity index (χ2v) is 2.29. The van der Waals surface area contributed by atoms with Crippen molar-refractivity contribution in [3.05, 3.63) is 0 Å². The fourth-order valence-electron chi connectivity index (χ4n) is 0.935. The highest BCUT2D eigenvalue weighted by atomic mass is 16.8. The van der Waals surface area contributed by atoms with Crippen LogP contribution in [0.15, 0.2) is 0 Å².